The van der Waals surface area contributed by atoms with E-state index in [0.29, 0.717) is 52.4 Å². The molecule has 0 spiro atoms. The number of hydrogen-bond donors (Lipinski definition) is 0. The van der Waals surface area contributed by atoms with Crippen LogP contribution in [0.3, 0.4) is 0 Å². The monoisotopic (exact) mass is 705 g/mol. The van der Waals surface area contributed by atoms with Crippen molar-refractivity contribution in [3.8, 4) is 0 Å². The highest BCUT2D eigenvalue weighted by atomic mass is 16.6. The Hall–Kier alpha value is -3.13. The Labute approximate surface area is 299 Å². The van der Waals surface area contributed by atoms with Gasteiger partial charge in [0.25, 0.3) is 0 Å². The second-order valence-corrected chi connectivity index (χ2v) is 16.9. The van der Waals surface area contributed by atoms with Crippen molar-refractivity contribution in [1.82, 2.24) is 24.6 Å². The maximum Gasteiger partial charge on any atom is 0.320 e. The summed E-state index contributed by atoms with van der Waals surface area (Å²) in [7, 11) is 0. The van der Waals surface area contributed by atoms with Gasteiger partial charge in [-0.2, -0.15) is 0 Å². The Kier molecular flexibility index (Phi) is 15.8. The Morgan fingerprint density at radius 3 is 0.980 bits per heavy atom. The van der Waals surface area contributed by atoms with Crippen LogP contribution in [0.5, 0.6) is 0 Å². The quantitative estimate of drug-likeness (QED) is 0.288. The van der Waals surface area contributed by atoms with E-state index in [1.807, 2.05) is 121 Å². The molecule has 0 radical (unpaired) electrons. The number of ether oxygens (including phenoxy) is 4. The summed E-state index contributed by atoms with van der Waals surface area (Å²) in [5, 5.41) is 0. The minimum absolute atomic E-state index is 0.0241. The molecule has 0 aromatic carbocycles. The lowest BCUT2D eigenvalue weighted by molar-refractivity contribution is -0.159. The molecular formula is C37H63N5O8. The fourth-order valence-electron chi connectivity index (χ4n) is 5.21. The molecule has 1 aromatic heterocycles. The second kappa shape index (κ2) is 18.4. The average molecular weight is 706 g/mol. The van der Waals surface area contributed by atoms with Crippen LogP contribution in [0, 0.1) is 0 Å². The lowest BCUT2D eigenvalue weighted by Gasteiger charge is -2.31. The molecule has 0 saturated heterocycles. The molecule has 0 unspecified atom stereocenters. The van der Waals surface area contributed by atoms with Gasteiger partial charge in [-0.25, -0.2) is 0 Å². The minimum Gasteiger partial charge on any atom is -0.459 e. The summed E-state index contributed by atoms with van der Waals surface area (Å²) in [6, 6.07) is 5.72. The fraction of sp³-hybridized carbons (Fsp3) is 0.757. The number of fused-ring (bicyclic) bond motifs is 2. The van der Waals surface area contributed by atoms with Gasteiger partial charge in [-0.05, 0) is 95.2 Å². The first kappa shape index (κ1) is 43.0. The highest BCUT2D eigenvalue weighted by molar-refractivity contribution is 5.73. The van der Waals surface area contributed by atoms with E-state index in [9.17, 15) is 19.2 Å². The normalized spacial score (nSPS) is 17.3. The molecule has 2 heterocycles. The van der Waals surface area contributed by atoms with Crippen molar-refractivity contribution < 1.29 is 38.1 Å². The van der Waals surface area contributed by atoms with Crippen LogP contribution in [0.15, 0.2) is 18.2 Å². The fourth-order valence-corrected chi connectivity index (χ4v) is 5.21. The summed E-state index contributed by atoms with van der Waals surface area (Å²) in [5.74, 6) is -1.47. The van der Waals surface area contributed by atoms with Gasteiger partial charge in [0, 0.05) is 52.4 Å². The predicted octanol–water partition coefficient (Wildman–Crippen LogP) is 3.67. The molecule has 50 heavy (non-hydrogen) atoms. The first-order valence-corrected chi connectivity index (χ1v) is 17.6. The number of aromatic nitrogens is 1. The molecular weight excluding hydrogens is 642 g/mol. The molecule has 0 atom stereocenters. The number of rotatable bonds is 8. The molecule has 1 aromatic rings. The third-order valence-corrected chi connectivity index (χ3v) is 6.92. The molecule has 13 heteroatoms. The lowest BCUT2D eigenvalue weighted by Crippen LogP contribution is -2.46. The number of pyridine rings is 1. The van der Waals surface area contributed by atoms with Crippen molar-refractivity contribution in [1.29, 1.82) is 0 Å². The number of esters is 4. The van der Waals surface area contributed by atoms with Gasteiger partial charge in [-0.3, -0.25) is 43.8 Å². The Balaban J connectivity index is 2.49. The van der Waals surface area contributed by atoms with Crippen LogP contribution in [-0.2, 0) is 51.2 Å². The minimum atomic E-state index is -0.655. The maximum absolute atomic E-state index is 13.0. The van der Waals surface area contributed by atoms with E-state index in [1.165, 1.54) is 0 Å². The summed E-state index contributed by atoms with van der Waals surface area (Å²) < 4.78 is 22.6. The number of carbonyl (C=O) groups excluding carboxylic acids is 4. The zero-order chi connectivity index (χ0) is 37.9. The lowest BCUT2D eigenvalue weighted by atomic mass is 10.2. The van der Waals surface area contributed by atoms with Crippen molar-refractivity contribution in [2.24, 2.45) is 0 Å². The second-order valence-electron chi connectivity index (χ2n) is 16.9. The summed E-state index contributed by atoms with van der Waals surface area (Å²) in [4.78, 5) is 64.9. The molecule has 0 aliphatic carbocycles. The van der Waals surface area contributed by atoms with Crippen LogP contribution in [0.1, 0.15) is 94.5 Å². The standard InChI is InChI=1S/C37H63N5O8/c1-34(2,3)47-30(43)24-39-16-17-40(25-31(44)48-35(4,5)6)19-21-42(27-33(46)50-37(10,11)12)23-29-15-13-14-28(38-29)22-41(20-18-39)26-32(45)49-36(7,8)9/h13-15H,16-27H2,1-12H3. The number of nitrogens with zero attached hydrogens (tertiary/aromatic N) is 5. The summed E-state index contributed by atoms with van der Waals surface area (Å²) in [5.41, 5.74) is -1.09. The zero-order valence-electron chi connectivity index (χ0n) is 32.7. The SMILES string of the molecule is CC(C)(C)OC(=O)CN1CCN(CC(=O)OC(C)(C)C)CCN(CC(=O)OC(C)(C)C)Cc2cccc(n2)CN(CC(=O)OC(C)(C)C)CC1. The van der Waals surface area contributed by atoms with E-state index in [-0.39, 0.29) is 50.1 Å². The maximum atomic E-state index is 13.0. The molecule has 0 amide bonds. The Bertz CT molecular complexity index is 1180. The van der Waals surface area contributed by atoms with Gasteiger partial charge < -0.3 is 18.9 Å². The van der Waals surface area contributed by atoms with Crippen molar-refractivity contribution in [3.05, 3.63) is 29.6 Å². The smallest absolute Gasteiger partial charge is 0.320 e. The molecule has 2 bridgehead atoms. The van der Waals surface area contributed by atoms with E-state index < -0.39 is 22.4 Å². The van der Waals surface area contributed by atoms with Gasteiger partial charge >= 0.3 is 23.9 Å². The van der Waals surface area contributed by atoms with E-state index in [0.717, 1.165) is 11.4 Å². The number of hydrogen-bond acceptors (Lipinski definition) is 13. The topological polar surface area (TPSA) is 131 Å². The predicted molar refractivity (Wildman–Crippen MR) is 191 cm³/mol. The van der Waals surface area contributed by atoms with Gasteiger partial charge in [0.2, 0.25) is 0 Å². The van der Waals surface area contributed by atoms with Gasteiger partial charge in [0.15, 0.2) is 0 Å². The van der Waals surface area contributed by atoms with Crippen LogP contribution < -0.4 is 0 Å². The Morgan fingerprint density at radius 1 is 0.480 bits per heavy atom. The van der Waals surface area contributed by atoms with Gasteiger partial charge in [-0.1, -0.05) is 6.07 Å². The highest BCUT2D eigenvalue weighted by Crippen LogP contribution is 2.14. The molecule has 284 valence electrons. The van der Waals surface area contributed by atoms with Gasteiger partial charge in [0.1, 0.15) is 22.4 Å². The van der Waals surface area contributed by atoms with Crippen molar-refractivity contribution in [3.63, 3.8) is 0 Å². The third kappa shape index (κ3) is 19.9. The van der Waals surface area contributed by atoms with Crippen LogP contribution in [0.25, 0.3) is 0 Å². The number of carbonyl (C=O) groups is 4. The van der Waals surface area contributed by atoms with Crippen molar-refractivity contribution >= 4 is 23.9 Å². The average Bonchev–Trinajstić information content (AvgIpc) is 2.88. The van der Waals surface area contributed by atoms with E-state index in [2.05, 4.69) is 0 Å². The molecule has 0 fully saturated rings. The summed E-state index contributed by atoms with van der Waals surface area (Å²) in [6.45, 7) is 25.4. The molecule has 2 rings (SSSR count). The largest absolute Gasteiger partial charge is 0.459 e. The Morgan fingerprint density at radius 2 is 0.720 bits per heavy atom. The molecule has 0 N–H and O–H groups in total. The van der Waals surface area contributed by atoms with E-state index in [4.69, 9.17) is 23.9 Å². The zero-order valence-corrected chi connectivity index (χ0v) is 32.7. The molecule has 13 nitrogen and oxygen atoms in total. The molecule has 1 aliphatic heterocycles. The molecule has 0 saturated carbocycles. The van der Waals surface area contributed by atoms with Crippen molar-refractivity contribution in [2.45, 2.75) is 119 Å². The van der Waals surface area contributed by atoms with Crippen LogP contribution in [-0.4, -0.2) is 136 Å². The van der Waals surface area contributed by atoms with E-state index in [1.54, 1.807) is 0 Å². The first-order chi connectivity index (χ1) is 22.8. The van der Waals surface area contributed by atoms with Gasteiger partial charge in [0.05, 0.1) is 37.6 Å². The van der Waals surface area contributed by atoms with Gasteiger partial charge in [-0.15, -0.1) is 0 Å². The van der Waals surface area contributed by atoms with Crippen molar-refractivity contribution in [2.75, 3.05) is 65.4 Å². The van der Waals surface area contributed by atoms with E-state index >= 15 is 0 Å². The summed E-state index contributed by atoms with van der Waals surface area (Å²) >= 11 is 0. The molecule has 1 aliphatic rings. The van der Waals surface area contributed by atoms with Crippen LogP contribution in [0.2, 0.25) is 0 Å². The third-order valence-electron chi connectivity index (χ3n) is 6.92. The summed E-state index contributed by atoms with van der Waals surface area (Å²) in [6.07, 6.45) is 0. The first-order valence-electron chi connectivity index (χ1n) is 17.6. The highest BCUT2D eigenvalue weighted by Gasteiger charge is 2.26. The van der Waals surface area contributed by atoms with Crippen LogP contribution in [0.4, 0.5) is 0 Å². The van der Waals surface area contributed by atoms with Crippen LogP contribution >= 0.6 is 0 Å².